The predicted octanol–water partition coefficient (Wildman–Crippen LogP) is 9.56. The van der Waals surface area contributed by atoms with Crippen LogP contribution in [0.4, 0.5) is 34.8 Å². The number of rotatable bonds is 10. The Morgan fingerprint density at radius 2 is 1.55 bits per heavy atom. The lowest BCUT2D eigenvalue weighted by Gasteiger charge is -2.55. The maximum absolute atomic E-state index is 18.0. The van der Waals surface area contributed by atoms with Crippen molar-refractivity contribution >= 4 is 51.9 Å². The molecule has 0 saturated heterocycles. The highest BCUT2D eigenvalue weighted by molar-refractivity contribution is 6.34. The van der Waals surface area contributed by atoms with Crippen LogP contribution >= 0.6 is 11.6 Å². The first-order chi connectivity index (χ1) is 30.3. The lowest BCUT2D eigenvalue weighted by molar-refractivity contribution is -0.137. The van der Waals surface area contributed by atoms with Crippen LogP contribution in [-0.4, -0.2) is 92.7 Å². The Bertz CT molecular complexity index is 2630. The topological polar surface area (TPSA) is 95.9 Å². The number of hydrogen-bond donors (Lipinski definition) is 0. The van der Waals surface area contributed by atoms with E-state index in [1.807, 2.05) is 60.0 Å². The highest BCUT2D eigenvalue weighted by Crippen LogP contribution is 2.55. The second kappa shape index (κ2) is 16.9. The molecular formula is C48H50ClF4N7O4. The Labute approximate surface area is 374 Å². The van der Waals surface area contributed by atoms with E-state index in [0.717, 1.165) is 11.1 Å². The molecule has 4 atom stereocenters. The lowest BCUT2D eigenvalue weighted by Crippen LogP contribution is -2.63. The number of likely N-dealkylation sites (N-methyl/N-ethyl adjacent to an activating group) is 1. The number of aryl methyl sites for hydroxylation is 1. The number of anilines is 3. The summed E-state index contributed by atoms with van der Waals surface area (Å²) in [5.74, 6) is 2.55. The van der Waals surface area contributed by atoms with Gasteiger partial charge in [0.1, 0.15) is 52.3 Å². The summed E-state index contributed by atoms with van der Waals surface area (Å²) in [6, 6.07) is 16.1. The van der Waals surface area contributed by atoms with Crippen LogP contribution < -0.4 is 28.9 Å². The minimum Gasteiger partial charge on any atom is -0.497 e. The number of halogens is 5. The molecule has 16 heteroatoms. The molecule has 336 valence electrons. The molecule has 5 aromatic rings. The number of carbonyl (C=O) groups excluding carboxylic acids is 1. The van der Waals surface area contributed by atoms with Crippen molar-refractivity contribution in [3.8, 4) is 28.6 Å². The van der Waals surface area contributed by atoms with Gasteiger partial charge >= 0.3 is 6.18 Å². The van der Waals surface area contributed by atoms with Gasteiger partial charge in [-0.25, -0.2) is 19.2 Å². The average Bonchev–Trinajstić information content (AvgIpc) is 3.22. The molecule has 0 amide bonds. The first kappa shape index (κ1) is 44.7. The highest BCUT2D eigenvalue weighted by Gasteiger charge is 2.51. The van der Waals surface area contributed by atoms with Gasteiger partial charge in [0.25, 0.3) is 0 Å². The number of nitrogens with zero attached hydrogens (tertiary/aromatic N) is 7. The largest absolute Gasteiger partial charge is 0.497 e. The molecule has 8 rings (SSSR count). The Hall–Kier alpha value is -5.89. The van der Waals surface area contributed by atoms with E-state index in [1.165, 1.54) is 19.1 Å². The van der Waals surface area contributed by atoms with Crippen molar-refractivity contribution in [3.63, 3.8) is 0 Å². The van der Waals surface area contributed by atoms with E-state index in [2.05, 4.69) is 31.7 Å². The molecule has 3 aliphatic rings. The molecule has 2 aromatic heterocycles. The van der Waals surface area contributed by atoms with Crippen LogP contribution in [0.1, 0.15) is 49.9 Å². The van der Waals surface area contributed by atoms with Gasteiger partial charge in [0.05, 0.1) is 60.4 Å². The average molecular weight is 900 g/mol. The van der Waals surface area contributed by atoms with E-state index < -0.39 is 46.4 Å². The first-order valence-electron chi connectivity index (χ1n) is 20.9. The minimum absolute atomic E-state index is 0.0286. The number of methoxy groups -OCH3 is 2. The van der Waals surface area contributed by atoms with Gasteiger partial charge in [-0.05, 0) is 86.4 Å². The fraction of sp³-hybridized carbons (Fsp3) is 0.396. The lowest BCUT2D eigenvalue weighted by atomic mass is 9.78. The number of aliphatic imine (C=N–C) groups is 1. The SMILES string of the molecule is COc1ccc(CN(Cc2ccc(OC)cc2)c2cc(C)c(C(F)(F)F)c(-c3c(Cl)cc4c5c6c(nc4c3F)O[C@H](CN(C)C)CN6C(=C=O)[C@@H]3C=N[C@H](C)C(C(C)(C)C)N53)n2)cc1. The third kappa shape index (κ3) is 8.09. The number of ether oxygens (including phenoxy) is 3. The monoisotopic (exact) mass is 899 g/mol. The van der Waals surface area contributed by atoms with E-state index in [4.69, 9.17) is 35.8 Å². The zero-order valence-electron chi connectivity index (χ0n) is 37.1. The van der Waals surface area contributed by atoms with Crippen LogP contribution in [0.25, 0.3) is 22.2 Å². The molecular weight excluding hydrogens is 850 g/mol. The van der Waals surface area contributed by atoms with Crippen LogP contribution in [0, 0.1) is 18.2 Å². The van der Waals surface area contributed by atoms with Crippen molar-refractivity contribution in [1.82, 2.24) is 14.9 Å². The summed E-state index contributed by atoms with van der Waals surface area (Å²) in [4.78, 5) is 34.8. The Morgan fingerprint density at radius 1 is 0.938 bits per heavy atom. The van der Waals surface area contributed by atoms with E-state index in [-0.39, 0.29) is 64.9 Å². The number of pyridine rings is 2. The van der Waals surface area contributed by atoms with Gasteiger partial charge in [-0.2, -0.15) is 13.2 Å². The van der Waals surface area contributed by atoms with E-state index in [9.17, 15) is 4.79 Å². The number of hydrogen-bond acceptors (Lipinski definition) is 11. The zero-order valence-corrected chi connectivity index (χ0v) is 37.9. The second-order valence-electron chi connectivity index (χ2n) is 17.9. The van der Waals surface area contributed by atoms with Crippen LogP contribution in [-0.2, 0) is 24.1 Å². The Morgan fingerprint density at radius 3 is 2.08 bits per heavy atom. The summed E-state index contributed by atoms with van der Waals surface area (Å²) in [5.41, 5.74) is -0.384. The zero-order chi connectivity index (χ0) is 46.0. The van der Waals surface area contributed by atoms with Crippen molar-refractivity contribution < 1.29 is 36.6 Å². The van der Waals surface area contributed by atoms with E-state index in [0.29, 0.717) is 35.1 Å². The molecule has 0 N–H and O–H groups in total. The number of alkyl halides is 3. The third-order valence-electron chi connectivity index (χ3n) is 12.0. The smallest absolute Gasteiger partial charge is 0.418 e. The molecule has 0 bridgehead atoms. The highest BCUT2D eigenvalue weighted by atomic mass is 35.5. The van der Waals surface area contributed by atoms with Crippen LogP contribution in [0.5, 0.6) is 17.4 Å². The third-order valence-corrected chi connectivity index (χ3v) is 12.3. The fourth-order valence-corrected chi connectivity index (χ4v) is 9.73. The minimum atomic E-state index is -4.96. The molecule has 0 aliphatic carbocycles. The Kier molecular flexibility index (Phi) is 11.8. The summed E-state index contributed by atoms with van der Waals surface area (Å²) in [6.07, 6.45) is -3.77. The summed E-state index contributed by atoms with van der Waals surface area (Å²) in [7, 11) is 6.87. The van der Waals surface area contributed by atoms with Gasteiger partial charge in [-0.1, -0.05) is 56.6 Å². The van der Waals surface area contributed by atoms with Gasteiger partial charge < -0.3 is 33.8 Å². The standard InChI is InChI=1S/C48H50ClF4N7O4/c1-26-18-37(58(21-28-10-14-30(62-8)15-11-28)22-29-12-16-31(63-9)17-13-29)55-42(39(26)48(51,52)53)38-34(49)19-33-41(40(38)50)56-46-44-43(33)60-35(20-54-27(2)45(60)47(3,4)5)36(25-61)59(44)24-32(64-46)23-57(6)7/h10-20,27,32,35,45H,21-24H2,1-9H3/t27-,32-,35+,45?/m1/s1. The normalized spacial score (nSPS) is 19.3. The van der Waals surface area contributed by atoms with Gasteiger partial charge in [0, 0.05) is 31.2 Å². The molecule has 0 radical (unpaired) electrons. The summed E-state index contributed by atoms with van der Waals surface area (Å²) in [6.45, 7) is 10.6. The Balaban J connectivity index is 1.38. The molecule has 0 saturated carbocycles. The summed E-state index contributed by atoms with van der Waals surface area (Å²) < 4.78 is 81.4. The van der Waals surface area contributed by atoms with Crippen LogP contribution in [0.2, 0.25) is 5.02 Å². The molecule has 0 spiro atoms. The van der Waals surface area contributed by atoms with Crippen molar-refractivity contribution in [3.05, 3.63) is 99.5 Å². The van der Waals surface area contributed by atoms with Gasteiger partial charge in [-0.15, -0.1) is 0 Å². The van der Waals surface area contributed by atoms with Crippen LogP contribution in [0.3, 0.4) is 0 Å². The van der Waals surface area contributed by atoms with Crippen LogP contribution in [0.15, 0.2) is 71.4 Å². The summed E-state index contributed by atoms with van der Waals surface area (Å²) >= 11 is 7.12. The van der Waals surface area contributed by atoms with Gasteiger partial charge in [0.15, 0.2) is 5.82 Å². The fourth-order valence-electron chi connectivity index (χ4n) is 9.45. The van der Waals surface area contributed by atoms with Gasteiger partial charge in [-0.3, -0.25) is 4.99 Å². The first-order valence-corrected chi connectivity index (χ1v) is 21.3. The summed E-state index contributed by atoms with van der Waals surface area (Å²) in [5, 5.41) is -0.0686. The number of aromatic nitrogens is 2. The van der Waals surface area contributed by atoms with Crippen molar-refractivity contribution in [2.75, 3.05) is 56.1 Å². The van der Waals surface area contributed by atoms with Crippen molar-refractivity contribution in [1.29, 1.82) is 0 Å². The number of benzene rings is 3. The number of fused-ring (bicyclic) bond motifs is 4. The molecule has 5 heterocycles. The molecule has 1 unspecified atom stereocenters. The molecule has 0 fully saturated rings. The van der Waals surface area contributed by atoms with Crippen molar-refractivity contribution in [2.45, 2.75) is 78.1 Å². The van der Waals surface area contributed by atoms with Gasteiger partial charge in [0.2, 0.25) is 5.88 Å². The molecule has 11 nitrogen and oxygen atoms in total. The van der Waals surface area contributed by atoms with E-state index in [1.54, 1.807) is 49.6 Å². The van der Waals surface area contributed by atoms with Crippen molar-refractivity contribution in [2.24, 2.45) is 10.4 Å². The maximum atomic E-state index is 18.0. The molecule has 64 heavy (non-hydrogen) atoms. The maximum Gasteiger partial charge on any atom is 0.418 e. The van der Waals surface area contributed by atoms with E-state index >= 15 is 17.6 Å². The molecule has 3 aliphatic heterocycles. The predicted molar refractivity (Wildman–Crippen MR) is 243 cm³/mol. The second-order valence-corrected chi connectivity index (χ2v) is 18.3. The quantitative estimate of drug-likeness (QED) is 0.0997. The molecule has 3 aromatic carbocycles.